The highest BCUT2D eigenvalue weighted by Gasteiger charge is 1.86. The fourth-order valence-corrected chi connectivity index (χ4v) is 0.265. The molecule has 9 nitrogen and oxygen atoms in total. The second-order valence-electron chi connectivity index (χ2n) is 1.54. The van der Waals surface area contributed by atoms with Gasteiger partial charge in [0.2, 0.25) is 0 Å². The summed E-state index contributed by atoms with van der Waals surface area (Å²) in [7, 11) is 0. The normalized spacial score (nSPS) is 8.92. The molecule has 70 valence electrons. The highest BCUT2D eigenvalue weighted by atomic mass is 16.2. The van der Waals surface area contributed by atoms with Gasteiger partial charge in [0, 0.05) is 6.20 Å². The van der Waals surface area contributed by atoms with Crippen molar-refractivity contribution < 1.29 is 9.59 Å². The van der Waals surface area contributed by atoms with Crippen molar-refractivity contribution in [3.05, 3.63) is 12.4 Å². The molecule has 0 aromatic carbocycles. The van der Waals surface area contributed by atoms with Crippen molar-refractivity contribution in [3.63, 3.8) is 0 Å². The molecule has 0 bridgehead atoms. The largest absolute Gasteiger partial charge is 0.357 e. The summed E-state index contributed by atoms with van der Waals surface area (Å²) < 4.78 is 0. The molecule has 0 radical (unpaired) electrons. The number of H-pyrrole nitrogens is 1. The van der Waals surface area contributed by atoms with Gasteiger partial charge in [-0.3, -0.25) is 5.10 Å². The number of amides is 4. The van der Waals surface area contributed by atoms with E-state index in [4.69, 9.17) is 0 Å². The Balaban J connectivity index is 0.000000243. The van der Waals surface area contributed by atoms with Crippen molar-refractivity contribution in [3.8, 4) is 0 Å². The molecule has 0 fully saturated rings. The molecule has 0 spiro atoms. The fraction of sp³-hybridized carbons (Fsp3) is 0. The van der Waals surface area contributed by atoms with E-state index in [-0.39, 0.29) is 0 Å². The monoisotopic (exact) mass is 185 g/mol. The summed E-state index contributed by atoms with van der Waals surface area (Å²) in [4.78, 5) is 19.3. The van der Waals surface area contributed by atoms with Crippen LogP contribution in [-0.4, -0.2) is 27.5 Å². The molecule has 0 aliphatic carbocycles. The van der Waals surface area contributed by atoms with E-state index in [1.807, 2.05) is 0 Å². The first-order valence-electron chi connectivity index (χ1n) is 2.94. The number of azo groups is 1. The summed E-state index contributed by atoms with van der Waals surface area (Å²) in [6, 6.07) is -2.08. The quantitative estimate of drug-likeness (QED) is 0.462. The van der Waals surface area contributed by atoms with Gasteiger partial charge >= 0.3 is 12.1 Å². The molecule has 1 aromatic rings. The highest BCUT2D eigenvalue weighted by molar-refractivity contribution is 5.77. The van der Waals surface area contributed by atoms with E-state index in [1.54, 1.807) is 12.4 Å². The van der Waals surface area contributed by atoms with Crippen LogP contribution in [0.25, 0.3) is 0 Å². The standard InChI is InChI=1S/C2H4N4O2.C2H3N3/c3-1(7)5-6-2(4)8;1-2-4-5-3-1/h(H2,3,7)(H2,4,8);1-2H,(H,3,4,5). The lowest BCUT2D eigenvalue weighted by Gasteiger charge is -1.74. The number of primary amides is 2. The zero-order chi connectivity index (χ0) is 10.1. The first-order valence-corrected chi connectivity index (χ1v) is 2.94. The fourth-order valence-electron chi connectivity index (χ4n) is 0.265. The molecule has 0 saturated carbocycles. The minimum atomic E-state index is -1.04. The van der Waals surface area contributed by atoms with Crippen LogP contribution in [0.3, 0.4) is 0 Å². The Hall–Kier alpha value is -2.32. The van der Waals surface area contributed by atoms with Gasteiger partial charge in [0.25, 0.3) is 0 Å². The Morgan fingerprint density at radius 1 is 1.23 bits per heavy atom. The van der Waals surface area contributed by atoms with Crippen LogP contribution in [-0.2, 0) is 0 Å². The van der Waals surface area contributed by atoms with Crippen LogP contribution in [0, 0.1) is 0 Å². The molecule has 0 unspecified atom stereocenters. The van der Waals surface area contributed by atoms with Gasteiger partial charge < -0.3 is 11.5 Å². The summed E-state index contributed by atoms with van der Waals surface area (Å²) in [6.45, 7) is 0. The number of nitrogens with two attached hydrogens (primary N) is 2. The molecule has 4 amide bonds. The van der Waals surface area contributed by atoms with Crippen LogP contribution in [0.5, 0.6) is 0 Å². The number of hydrogen-bond donors (Lipinski definition) is 3. The number of carbonyl (C=O) groups excluding carboxylic acids is 2. The molecule has 0 saturated heterocycles. The van der Waals surface area contributed by atoms with Crippen molar-refractivity contribution in [1.82, 2.24) is 15.4 Å². The van der Waals surface area contributed by atoms with Gasteiger partial charge in [-0.15, -0.1) is 5.10 Å². The maximum absolute atomic E-state index is 9.66. The van der Waals surface area contributed by atoms with Crippen LogP contribution >= 0.6 is 0 Å². The lowest BCUT2D eigenvalue weighted by molar-refractivity contribution is 0.249. The average molecular weight is 185 g/mol. The second kappa shape index (κ2) is 6.39. The first kappa shape index (κ1) is 10.7. The molecule has 0 aliphatic rings. The number of nitrogens with zero attached hydrogens (tertiary/aromatic N) is 4. The van der Waals surface area contributed by atoms with Crippen molar-refractivity contribution in [1.29, 1.82) is 0 Å². The maximum atomic E-state index is 9.66. The number of aromatic amines is 1. The van der Waals surface area contributed by atoms with Crippen LogP contribution in [0.4, 0.5) is 9.59 Å². The first-order chi connectivity index (χ1) is 6.13. The highest BCUT2D eigenvalue weighted by Crippen LogP contribution is 1.72. The smallest absolute Gasteiger partial charge is 0.348 e. The van der Waals surface area contributed by atoms with Gasteiger partial charge in [-0.25, -0.2) is 9.59 Å². The third-order valence-corrected chi connectivity index (χ3v) is 0.578. The van der Waals surface area contributed by atoms with Crippen molar-refractivity contribution in [2.45, 2.75) is 0 Å². The summed E-state index contributed by atoms with van der Waals surface area (Å²) in [5.41, 5.74) is 8.87. The second-order valence-corrected chi connectivity index (χ2v) is 1.54. The molecule has 1 rings (SSSR count). The predicted octanol–water partition coefficient (Wildman–Crippen LogP) is -0.599. The molecule has 1 heterocycles. The number of carbonyl (C=O) groups is 2. The van der Waals surface area contributed by atoms with Gasteiger partial charge in [0.05, 0.1) is 6.20 Å². The number of rotatable bonds is 0. The molecule has 13 heavy (non-hydrogen) atoms. The van der Waals surface area contributed by atoms with Crippen molar-refractivity contribution in [2.75, 3.05) is 0 Å². The van der Waals surface area contributed by atoms with E-state index in [9.17, 15) is 9.59 Å². The van der Waals surface area contributed by atoms with Crippen LogP contribution in [0.2, 0.25) is 0 Å². The Morgan fingerprint density at radius 2 is 1.77 bits per heavy atom. The predicted molar refractivity (Wildman–Crippen MR) is 40.4 cm³/mol. The summed E-state index contributed by atoms with van der Waals surface area (Å²) in [5, 5.41) is 14.5. The Morgan fingerprint density at radius 3 is 1.92 bits per heavy atom. The third kappa shape index (κ3) is 9.68. The SMILES string of the molecule is NC(=O)N=NC(N)=O.c1c[nH]nn1. The van der Waals surface area contributed by atoms with Gasteiger partial charge in [0.1, 0.15) is 0 Å². The van der Waals surface area contributed by atoms with Crippen molar-refractivity contribution in [2.24, 2.45) is 21.7 Å². The molecular formula is C4H7N7O2. The van der Waals surface area contributed by atoms with Crippen LogP contribution < -0.4 is 11.5 Å². The van der Waals surface area contributed by atoms with E-state index in [1.165, 1.54) is 0 Å². The molecule has 5 N–H and O–H groups in total. The topological polar surface area (TPSA) is 152 Å². The van der Waals surface area contributed by atoms with Gasteiger partial charge in [-0.1, -0.05) is 15.4 Å². The van der Waals surface area contributed by atoms with Crippen molar-refractivity contribution >= 4 is 12.1 Å². The lowest BCUT2D eigenvalue weighted by Crippen LogP contribution is -2.07. The minimum Gasteiger partial charge on any atom is -0.348 e. The van der Waals surface area contributed by atoms with Gasteiger partial charge in [-0.2, -0.15) is 0 Å². The van der Waals surface area contributed by atoms with E-state index in [0.717, 1.165) is 0 Å². The lowest BCUT2D eigenvalue weighted by atomic mass is 11.0. The summed E-state index contributed by atoms with van der Waals surface area (Å²) in [6.07, 6.45) is 3.24. The Bertz CT molecular complexity index is 245. The van der Waals surface area contributed by atoms with Gasteiger partial charge in [-0.05, 0) is 0 Å². The maximum Gasteiger partial charge on any atom is 0.357 e. The minimum absolute atomic E-state index is 1.04. The molecule has 0 aliphatic heterocycles. The van der Waals surface area contributed by atoms with E-state index in [0.29, 0.717) is 0 Å². The van der Waals surface area contributed by atoms with E-state index >= 15 is 0 Å². The molecule has 0 atom stereocenters. The van der Waals surface area contributed by atoms with Gasteiger partial charge in [0.15, 0.2) is 0 Å². The Labute approximate surface area is 72.2 Å². The average Bonchev–Trinajstić information content (AvgIpc) is 2.57. The third-order valence-electron chi connectivity index (χ3n) is 0.578. The number of aromatic nitrogens is 3. The summed E-state index contributed by atoms with van der Waals surface area (Å²) >= 11 is 0. The zero-order valence-corrected chi connectivity index (χ0v) is 6.41. The van der Waals surface area contributed by atoms with E-state index in [2.05, 4.69) is 37.1 Å². The van der Waals surface area contributed by atoms with Crippen LogP contribution in [0.15, 0.2) is 22.6 Å². The number of nitrogens with one attached hydrogen (secondary N) is 1. The molecule has 9 heteroatoms. The Kier molecular flexibility index (Phi) is 5.25. The zero-order valence-electron chi connectivity index (χ0n) is 6.41. The van der Waals surface area contributed by atoms with Crippen LogP contribution in [0.1, 0.15) is 0 Å². The molecule has 1 aromatic heterocycles. The van der Waals surface area contributed by atoms with E-state index < -0.39 is 12.1 Å². The molecular weight excluding hydrogens is 178 g/mol. The summed E-state index contributed by atoms with van der Waals surface area (Å²) in [5.74, 6) is 0. The number of hydrogen-bond acceptors (Lipinski definition) is 4. The number of urea groups is 2.